The van der Waals surface area contributed by atoms with Gasteiger partial charge in [0.15, 0.2) is 0 Å². The second-order valence-corrected chi connectivity index (χ2v) is 7.46. The van der Waals surface area contributed by atoms with Crippen LogP contribution in [0.25, 0.3) is 0 Å². The van der Waals surface area contributed by atoms with Gasteiger partial charge in [0.2, 0.25) is 0 Å². The van der Waals surface area contributed by atoms with Crippen molar-refractivity contribution < 1.29 is 0 Å². The molecule has 4 heteroatoms. The number of aromatic nitrogens is 2. The normalized spacial score (nSPS) is 12.7. The van der Waals surface area contributed by atoms with Crippen molar-refractivity contribution in [2.45, 2.75) is 53.9 Å². The van der Waals surface area contributed by atoms with Crippen molar-refractivity contribution in [1.29, 1.82) is 0 Å². The smallest absolute Gasteiger partial charge is 0.138 e. The van der Waals surface area contributed by atoms with Gasteiger partial charge in [-0.15, -0.1) is 0 Å². The molecule has 0 saturated heterocycles. The summed E-state index contributed by atoms with van der Waals surface area (Å²) in [5.41, 5.74) is 0.170. The molecule has 0 unspecified atom stereocenters. The van der Waals surface area contributed by atoms with E-state index < -0.39 is 0 Å². The molecular weight excluding hydrogens is 248 g/mol. The Labute approximate surface area is 123 Å². The summed E-state index contributed by atoms with van der Waals surface area (Å²) in [7, 11) is 1.89. The van der Waals surface area contributed by atoms with Crippen LogP contribution < -0.4 is 10.6 Å². The summed E-state index contributed by atoms with van der Waals surface area (Å²) in [4.78, 5) is 9.19. The van der Waals surface area contributed by atoms with Crippen LogP contribution in [0.2, 0.25) is 0 Å². The van der Waals surface area contributed by atoms with Crippen LogP contribution in [-0.4, -0.2) is 23.6 Å². The molecule has 114 valence electrons. The number of hydrogen-bond donors (Lipinski definition) is 2. The molecular formula is C16H30N4. The standard InChI is InChI=1S/C16H30N4/c1-11(2)16(6,7)10-18-13-9-12(17-8)19-14(20-13)15(3,4)5/h9,11H,10H2,1-8H3,(H2,17,18,19,20). The van der Waals surface area contributed by atoms with Gasteiger partial charge in [-0.05, 0) is 11.3 Å². The van der Waals surface area contributed by atoms with E-state index in [4.69, 9.17) is 0 Å². The topological polar surface area (TPSA) is 49.8 Å². The highest BCUT2D eigenvalue weighted by Crippen LogP contribution is 2.27. The van der Waals surface area contributed by atoms with Crippen LogP contribution in [0.15, 0.2) is 6.07 Å². The van der Waals surface area contributed by atoms with Crippen LogP contribution in [0.3, 0.4) is 0 Å². The number of nitrogens with zero attached hydrogens (tertiary/aromatic N) is 2. The van der Waals surface area contributed by atoms with Crippen LogP contribution >= 0.6 is 0 Å². The fraction of sp³-hybridized carbons (Fsp3) is 0.750. The zero-order valence-electron chi connectivity index (χ0n) is 14.3. The molecule has 0 spiro atoms. The van der Waals surface area contributed by atoms with E-state index in [1.54, 1.807) is 0 Å². The van der Waals surface area contributed by atoms with E-state index in [2.05, 4.69) is 69.1 Å². The SMILES string of the molecule is CNc1cc(NCC(C)(C)C(C)C)nc(C(C)(C)C)n1. The maximum atomic E-state index is 4.65. The molecule has 2 N–H and O–H groups in total. The molecule has 4 nitrogen and oxygen atoms in total. The molecule has 0 amide bonds. The van der Waals surface area contributed by atoms with Crippen molar-refractivity contribution in [3.8, 4) is 0 Å². The van der Waals surface area contributed by atoms with E-state index >= 15 is 0 Å². The highest BCUT2D eigenvalue weighted by molar-refractivity contribution is 5.48. The molecule has 1 aromatic heterocycles. The van der Waals surface area contributed by atoms with E-state index in [0.717, 1.165) is 24.0 Å². The Morgan fingerprint density at radius 2 is 1.60 bits per heavy atom. The lowest BCUT2D eigenvalue weighted by Crippen LogP contribution is -2.29. The average Bonchev–Trinajstić information content (AvgIpc) is 2.34. The van der Waals surface area contributed by atoms with Crippen LogP contribution in [0, 0.1) is 11.3 Å². The van der Waals surface area contributed by atoms with Crippen molar-refractivity contribution in [3.63, 3.8) is 0 Å². The summed E-state index contributed by atoms with van der Waals surface area (Å²) in [6.07, 6.45) is 0. The van der Waals surface area contributed by atoms with Gasteiger partial charge in [-0.2, -0.15) is 0 Å². The summed E-state index contributed by atoms with van der Waals surface area (Å²) in [5, 5.41) is 6.57. The first-order valence-corrected chi connectivity index (χ1v) is 7.37. The van der Waals surface area contributed by atoms with E-state index in [1.807, 2.05) is 13.1 Å². The first-order chi connectivity index (χ1) is 9.06. The van der Waals surface area contributed by atoms with Crippen molar-refractivity contribution in [3.05, 3.63) is 11.9 Å². The Morgan fingerprint density at radius 3 is 2.05 bits per heavy atom. The van der Waals surface area contributed by atoms with Gasteiger partial charge in [-0.1, -0.05) is 48.5 Å². The zero-order chi connectivity index (χ0) is 15.6. The lowest BCUT2D eigenvalue weighted by atomic mass is 9.81. The maximum Gasteiger partial charge on any atom is 0.138 e. The largest absolute Gasteiger partial charge is 0.373 e. The summed E-state index contributed by atoms with van der Waals surface area (Å²) in [6, 6.07) is 1.96. The highest BCUT2D eigenvalue weighted by atomic mass is 15.1. The number of nitrogens with one attached hydrogen (secondary N) is 2. The monoisotopic (exact) mass is 278 g/mol. The molecule has 1 aromatic rings. The van der Waals surface area contributed by atoms with Crippen LogP contribution in [0.4, 0.5) is 11.6 Å². The summed E-state index contributed by atoms with van der Waals surface area (Å²) >= 11 is 0. The molecule has 0 aliphatic carbocycles. The molecule has 0 atom stereocenters. The number of anilines is 2. The molecule has 0 fully saturated rings. The average molecular weight is 278 g/mol. The third kappa shape index (κ3) is 4.36. The van der Waals surface area contributed by atoms with E-state index in [1.165, 1.54) is 0 Å². The summed E-state index contributed by atoms with van der Waals surface area (Å²) < 4.78 is 0. The molecule has 0 aliphatic rings. The lowest BCUT2D eigenvalue weighted by molar-refractivity contribution is 0.269. The van der Waals surface area contributed by atoms with Gasteiger partial charge in [-0.25, -0.2) is 9.97 Å². The molecule has 0 saturated carbocycles. The third-order valence-electron chi connectivity index (χ3n) is 3.94. The fourth-order valence-electron chi connectivity index (χ4n) is 1.52. The van der Waals surface area contributed by atoms with Crippen LogP contribution in [0.1, 0.15) is 54.3 Å². The Bertz CT molecular complexity index is 444. The minimum absolute atomic E-state index is 0.0587. The Morgan fingerprint density at radius 1 is 1.05 bits per heavy atom. The molecule has 0 bridgehead atoms. The number of rotatable bonds is 5. The molecule has 0 aromatic carbocycles. The maximum absolute atomic E-state index is 4.65. The van der Waals surface area contributed by atoms with E-state index in [9.17, 15) is 0 Å². The lowest BCUT2D eigenvalue weighted by Gasteiger charge is -2.30. The molecule has 0 radical (unpaired) electrons. The van der Waals surface area contributed by atoms with Crippen molar-refractivity contribution >= 4 is 11.6 Å². The molecule has 1 rings (SSSR count). The molecule has 1 heterocycles. The second-order valence-electron chi connectivity index (χ2n) is 7.46. The van der Waals surface area contributed by atoms with Crippen molar-refractivity contribution in [2.75, 3.05) is 24.2 Å². The zero-order valence-corrected chi connectivity index (χ0v) is 14.3. The van der Waals surface area contributed by atoms with Gasteiger partial charge in [0.25, 0.3) is 0 Å². The molecule has 0 aliphatic heterocycles. The van der Waals surface area contributed by atoms with Gasteiger partial charge in [0, 0.05) is 25.1 Å². The minimum Gasteiger partial charge on any atom is -0.373 e. The van der Waals surface area contributed by atoms with Crippen molar-refractivity contribution in [1.82, 2.24) is 9.97 Å². The first kappa shape index (κ1) is 16.7. The summed E-state index contributed by atoms with van der Waals surface area (Å²) in [6.45, 7) is 16.3. The van der Waals surface area contributed by atoms with Gasteiger partial charge in [-0.3, -0.25) is 0 Å². The highest BCUT2D eigenvalue weighted by Gasteiger charge is 2.23. The number of hydrogen-bond acceptors (Lipinski definition) is 4. The Kier molecular flexibility index (Phi) is 5.00. The third-order valence-corrected chi connectivity index (χ3v) is 3.94. The first-order valence-electron chi connectivity index (χ1n) is 7.37. The predicted molar refractivity (Wildman–Crippen MR) is 87.4 cm³/mol. The van der Waals surface area contributed by atoms with E-state index in [0.29, 0.717) is 5.92 Å². The van der Waals surface area contributed by atoms with Gasteiger partial charge in [0.05, 0.1) is 0 Å². The predicted octanol–water partition coefficient (Wildman–Crippen LogP) is 3.91. The van der Waals surface area contributed by atoms with Gasteiger partial charge in [0.1, 0.15) is 17.5 Å². The summed E-state index contributed by atoms with van der Waals surface area (Å²) in [5.74, 6) is 3.22. The Hall–Kier alpha value is -1.32. The molecule has 20 heavy (non-hydrogen) atoms. The van der Waals surface area contributed by atoms with Crippen molar-refractivity contribution in [2.24, 2.45) is 11.3 Å². The second kappa shape index (κ2) is 5.98. The minimum atomic E-state index is -0.0587. The Balaban J connectivity index is 2.96. The van der Waals surface area contributed by atoms with Gasteiger partial charge >= 0.3 is 0 Å². The quantitative estimate of drug-likeness (QED) is 0.857. The fourth-order valence-corrected chi connectivity index (χ4v) is 1.52. The van der Waals surface area contributed by atoms with Gasteiger partial charge < -0.3 is 10.6 Å². The van der Waals surface area contributed by atoms with Crippen LogP contribution in [0.5, 0.6) is 0 Å². The van der Waals surface area contributed by atoms with Crippen LogP contribution in [-0.2, 0) is 5.41 Å². The van der Waals surface area contributed by atoms with E-state index in [-0.39, 0.29) is 10.8 Å².